The minimum atomic E-state index is -0.466. The van der Waals surface area contributed by atoms with Crippen LogP contribution in [0.3, 0.4) is 0 Å². The van der Waals surface area contributed by atoms with E-state index in [-0.39, 0.29) is 0 Å². The van der Waals surface area contributed by atoms with Gasteiger partial charge < -0.3 is 14.4 Å². The number of pyridine rings is 2. The maximum absolute atomic E-state index is 9.83. The molecule has 4 heterocycles. The molecule has 8 nitrogen and oxygen atoms in total. The topological polar surface area (TPSA) is 100.0 Å². The molecule has 1 aliphatic carbocycles. The van der Waals surface area contributed by atoms with Gasteiger partial charge in [-0.15, -0.1) is 0 Å². The Labute approximate surface area is 217 Å². The fourth-order valence-electron chi connectivity index (χ4n) is 4.88. The number of rotatable bonds is 6. The van der Waals surface area contributed by atoms with Gasteiger partial charge in [-0.05, 0) is 31.9 Å². The van der Waals surface area contributed by atoms with E-state index in [1.165, 1.54) is 25.2 Å². The molecule has 1 spiro atoms. The molecule has 1 aliphatic heterocycles. The van der Waals surface area contributed by atoms with Crippen molar-refractivity contribution >= 4 is 39.9 Å². The molecule has 1 atom stereocenters. The molecule has 3 aromatic heterocycles. The van der Waals surface area contributed by atoms with Gasteiger partial charge in [-0.1, -0.05) is 23.2 Å². The molecular formula is C26H22Cl2N6O2. The van der Waals surface area contributed by atoms with Crippen molar-refractivity contribution in [1.29, 1.82) is 5.26 Å². The summed E-state index contributed by atoms with van der Waals surface area (Å²) in [5, 5.41) is 19.0. The van der Waals surface area contributed by atoms with Crippen LogP contribution in [0, 0.1) is 16.7 Å². The number of aromatic amines is 1. The molecule has 1 saturated heterocycles. The summed E-state index contributed by atoms with van der Waals surface area (Å²) in [4.78, 5) is 10.8. The van der Waals surface area contributed by atoms with Crippen molar-refractivity contribution in [2.45, 2.75) is 25.9 Å². The summed E-state index contributed by atoms with van der Waals surface area (Å²) < 4.78 is 11.8. The zero-order valence-corrected chi connectivity index (χ0v) is 21.2. The first-order valence-corrected chi connectivity index (χ1v) is 12.3. The van der Waals surface area contributed by atoms with Crippen LogP contribution in [0.4, 0.5) is 5.82 Å². The molecule has 0 amide bonds. The fourth-order valence-corrected chi connectivity index (χ4v) is 5.55. The zero-order valence-electron chi connectivity index (χ0n) is 19.7. The molecule has 0 radical (unpaired) electrons. The molecule has 0 bridgehead atoms. The van der Waals surface area contributed by atoms with E-state index in [4.69, 9.17) is 32.7 Å². The quantitative estimate of drug-likeness (QED) is 0.335. The lowest BCUT2D eigenvalue weighted by Crippen LogP contribution is -2.49. The number of anilines is 1. The number of nitriles is 1. The third-order valence-electron chi connectivity index (χ3n) is 7.02. The number of halogens is 2. The first-order valence-electron chi connectivity index (χ1n) is 11.6. The Kier molecular flexibility index (Phi) is 5.43. The minimum absolute atomic E-state index is 0.420. The molecule has 2 aliphatic rings. The summed E-state index contributed by atoms with van der Waals surface area (Å²) in [6, 6.07) is 7.84. The number of nitrogens with zero attached hydrogens (tertiary/aromatic N) is 5. The van der Waals surface area contributed by atoms with E-state index >= 15 is 0 Å². The second kappa shape index (κ2) is 8.54. The molecule has 1 N–H and O–H groups in total. The molecular weight excluding hydrogens is 499 g/mol. The lowest BCUT2D eigenvalue weighted by Gasteiger charge is -2.41. The molecule has 2 fully saturated rings. The highest BCUT2D eigenvalue weighted by Crippen LogP contribution is 2.54. The van der Waals surface area contributed by atoms with Gasteiger partial charge in [-0.3, -0.25) is 10.1 Å². The Morgan fingerprint density at radius 2 is 1.86 bits per heavy atom. The Hall–Kier alpha value is -3.54. The second-order valence-corrected chi connectivity index (χ2v) is 10.3. The van der Waals surface area contributed by atoms with Gasteiger partial charge in [-0.25, -0.2) is 4.98 Å². The molecule has 6 rings (SSSR count). The number of nitrogens with one attached hydrogen (secondary N) is 1. The van der Waals surface area contributed by atoms with Gasteiger partial charge in [-0.2, -0.15) is 10.4 Å². The van der Waals surface area contributed by atoms with Gasteiger partial charge >= 0.3 is 0 Å². The van der Waals surface area contributed by atoms with E-state index < -0.39 is 6.10 Å². The number of ether oxygens (including phenoxy) is 2. The van der Waals surface area contributed by atoms with E-state index in [9.17, 15) is 5.26 Å². The van der Waals surface area contributed by atoms with Gasteiger partial charge in [0.2, 0.25) is 0 Å². The Morgan fingerprint density at radius 1 is 1.11 bits per heavy atom. The van der Waals surface area contributed by atoms with E-state index in [1.54, 1.807) is 13.3 Å². The monoisotopic (exact) mass is 520 g/mol. The highest BCUT2D eigenvalue weighted by Gasteiger charge is 2.53. The predicted molar refractivity (Wildman–Crippen MR) is 138 cm³/mol. The number of hydrogen-bond acceptors (Lipinski definition) is 7. The highest BCUT2D eigenvalue weighted by atomic mass is 35.5. The van der Waals surface area contributed by atoms with Gasteiger partial charge in [0, 0.05) is 59.7 Å². The van der Waals surface area contributed by atoms with Crippen molar-refractivity contribution in [2.24, 2.45) is 5.41 Å². The van der Waals surface area contributed by atoms with Crippen LogP contribution >= 0.6 is 23.2 Å². The number of H-pyrrole nitrogens is 1. The lowest BCUT2D eigenvalue weighted by molar-refractivity contribution is 0.216. The van der Waals surface area contributed by atoms with Crippen LogP contribution in [0.25, 0.3) is 22.2 Å². The Morgan fingerprint density at radius 3 is 2.53 bits per heavy atom. The minimum Gasteiger partial charge on any atom is -0.493 e. The second-order valence-electron chi connectivity index (χ2n) is 9.46. The normalized spacial score (nSPS) is 16.5. The van der Waals surface area contributed by atoms with Crippen LogP contribution in [0.5, 0.6) is 11.5 Å². The fraction of sp³-hybridized carbons (Fsp3) is 0.308. The van der Waals surface area contributed by atoms with Gasteiger partial charge in [0.1, 0.15) is 23.7 Å². The first-order chi connectivity index (χ1) is 17.4. The van der Waals surface area contributed by atoms with Crippen LogP contribution < -0.4 is 14.4 Å². The average Bonchev–Trinajstić information content (AvgIpc) is 3.56. The third-order valence-corrected chi connectivity index (χ3v) is 7.62. The summed E-state index contributed by atoms with van der Waals surface area (Å²) in [7, 11) is 1.58. The first kappa shape index (κ1) is 22.9. The SMILES string of the molecule is COc1cc2[nH]nc(-c3cnc(N4CC5(CC5)C4)c(C#N)c3)c2cc1O[C@H](C)c1c(Cl)cncc1Cl. The summed E-state index contributed by atoms with van der Waals surface area (Å²) in [5.41, 5.74) is 3.83. The van der Waals surface area contributed by atoms with E-state index in [1.807, 2.05) is 25.1 Å². The number of methoxy groups -OCH3 is 1. The van der Waals surface area contributed by atoms with Crippen molar-refractivity contribution < 1.29 is 9.47 Å². The summed E-state index contributed by atoms with van der Waals surface area (Å²) >= 11 is 12.7. The van der Waals surface area contributed by atoms with Gasteiger partial charge in [0.05, 0.1) is 28.2 Å². The van der Waals surface area contributed by atoms with Crippen molar-refractivity contribution in [3.05, 3.63) is 58.0 Å². The molecule has 10 heteroatoms. The average molecular weight is 521 g/mol. The number of fused-ring (bicyclic) bond motifs is 1. The molecule has 36 heavy (non-hydrogen) atoms. The summed E-state index contributed by atoms with van der Waals surface area (Å²) in [6.45, 7) is 3.81. The molecule has 182 valence electrons. The Balaban J connectivity index is 1.36. The summed E-state index contributed by atoms with van der Waals surface area (Å²) in [6.07, 6.45) is 6.92. The summed E-state index contributed by atoms with van der Waals surface area (Å²) in [5.74, 6) is 1.78. The maximum Gasteiger partial charge on any atom is 0.162 e. The van der Waals surface area contributed by atoms with Crippen LogP contribution in [-0.4, -0.2) is 40.4 Å². The van der Waals surface area contributed by atoms with Crippen molar-refractivity contribution in [3.8, 4) is 28.8 Å². The number of hydrogen-bond donors (Lipinski definition) is 1. The Bertz CT molecular complexity index is 1510. The van der Waals surface area contributed by atoms with E-state index in [2.05, 4.69) is 31.1 Å². The number of aromatic nitrogens is 4. The van der Waals surface area contributed by atoms with Crippen molar-refractivity contribution in [2.75, 3.05) is 25.1 Å². The molecule has 0 unspecified atom stereocenters. The van der Waals surface area contributed by atoms with E-state index in [0.717, 1.165) is 35.4 Å². The largest absolute Gasteiger partial charge is 0.493 e. The maximum atomic E-state index is 9.83. The highest BCUT2D eigenvalue weighted by molar-refractivity contribution is 6.35. The van der Waals surface area contributed by atoms with Crippen LogP contribution in [0.2, 0.25) is 10.0 Å². The third kappa shape index (κ3) is 3.80. The predicted octanol–water partition coefficient (Wildman–Crippen LogP) is 5.95. The number of benzene rings is 1. The van der Waals surface area contributed by atoms with Gasteiger partial charge in [0.15, 0.2) is 11.5 Å². The van der Waals surface area contributed by atoms with Gasteiger partial charge in [0.25, 0.3) is 0 Å². The zero-order chi connectivity index (χ0) is 25.0. The van der Waals surface area contributed by atoms with Crippen LogP contribution in [0.1, 0.15) is 37.0 Å². The lowest BCUT2D eigenvalue weighted by atomic mass is 9.96. The smallest absolute Gasteiger partial charge is 0.162 e. The standard InChI is InChI=1S/C26H22Cl2N6O2/c1-14(23-18(27)10-30-11-19(23)28)36-22-6-17-20(7-21(22)35-2)32-33-24(17)16-5-15(8-29)25(31-9-16)34-12-26(13-34)3-4-26/h5-7,9-11,14H,3-4,12-13H2,1-2H3,(H,32,33)/t14-/m1/s1. The van der Waals surface area contributed by atoms with Crippen molar-refractivity contribution in [1.82, 2.24) is 20.2 Å². The van der Waals surface area contributed by atoms with Crippen LogP contribution in [0.15, 0.2) is 36.8 Å². The molecule has 4 aromatic rings. The van der Waals surface area contributed by atoms with Crippen LogP contribution in [-0.2, 0) is 0 Å². The van der Waals surface area contributed by atoms with Crippen molar-refractivity contribution in [3.63, 3.8) is 0 Å². The van der Waals surface area contributed by atoms with E-state index in [0.29, 0.717) is 43.8 Å². The molecule has 1 aromatic carbocycles. The molecule has 1 saturated carbocycles.